The Kier molecular flexibility index (Phi) is 3.67. The molecule has 1 N–H and O–H groups in total. The highest BCUT2D eigenvalue weighted by atomic mass is 19.1. The van der Waals surface area contributed by atoms with Gasteiger partial charge in [-0.15, -0.1) is 0 Å². The van der Waals surface area contributed by atoms with Gasteiger partial charge < -0.3 is 10.1 Å². The first kappa shape index (κ1) is 12.4. The number of methoxy groups -OCH3 is 1. The Morgan fingerprint density at radius 2 is 2.12 bits per heavy atom. The first-order valence-electron chi connectivity index (χ1n) is 6.25. The first-order chi connectivity index (χ1) is 8.15. The molecule has 1 saturated heterocycles. The van der Waals surface area contributed by atoms with Gasteiger partial charge >= 0.3 is 0 Å². The van der Waals surface area contributed by atoms with E-state index in [1.54, 1.807) is 19.2 Å². The van der Waals surface area contributed by atoms with Crippen LogP contribution in [0.3, 0.4) is 0 Å². The summed E-state index contributed by atoms with van der Waals surface area (Å²) in [5.41, 5.74) is 0.756. The van der Waals surface area contributed by atoms with Gasteiger partial charge in [0.25, 0.3) is 0 Å². The summed E-state index contributed by atoms with van der Waals surface area (Å²) in [5, 5.41) is 3.53. The fourth-order valence-electron chi connectivity index (χ4n) is 2.57. The van der Waals surface area contributed by atoms with Gasteiger partial charge in [0.15, 0.2) is 0 Å². The molecule has 0 radical (unpaired) electrons. The van der Waals surface area contributed by atoms with E-state index in [4.69, 9.17) is 4.74 Å². The molecule has 1 aromatic carbocycles. The van der Waals surface area contributed by atoms with E-state index in [9.17, 15) is 4.39 Å². The van der Waals surface area contributed by atoms with Crippen LogP contribution >= 0.6 is 0 Å². The maximum atomic E-state index is 13.4. The van der Waals surface area contributed by atoms with Crippen LogP contribution in [-0.2, 0) is 5.54 Å². The maximum absolute atomic E-state index is 13.4. The van der Waals surface area contributed by atoms with Crippen LogP contribution in [0.5, 0.6) is 5.75 Å². The van der Waals surface area contributed by atoms with Crippen molar-refractivity contribution in [3.63, 3.8) is 0 Å². The largest absolute Gasteiger partial charge is 0.496 e. The molecular formula is C14H20FNO. The van der Waals surface area contributed by atoms with E-state index in [0.29, 0.717) is 0 Å². The number of halogens is 1. The number of ether oxygens (including phenoxy) is 1. The molecule has 17 heavy (non-hydrogen) atoms. The molecule has 1 atom stereocenters. The van der Waals surface area contributed by atoms with Crippen molar-refractivity contribution < 1.29 is 9.13 Å². The zero-order valence-electron chi connectivity index (χ0n) is 10.6. The number of rotatable bonds is 2. The number of nitrogens with one attached hydrogen (secondary N) is 1. The summed E-state index contributed by atoms with van der Waals surface area (Å²) in [6.45, 7) is 3.12. The molecule has 3 heteroatoms. The van der Waals surface area contributed by atoms with Gasteiger partial charge in [-0.25, -0.2) is 4.39 Å². The van der Waals surface area contributed by atoms with E-state index < -0.39 is 0 Å². The molecule has 0 aromatic heterocycles. The van der Waals surface area contributed by atoms with Crippen molar-refractivity contribution in [2.45, 2.75) is 38.1 Å². The average molecular weight is 237 g/mol. The quantitative estimate of drug-likeness (QED) is 0.852. The van der Waals surface area contributed by atoms with Crippen molar-refractivity contribution >= 4 is 0 Å². The molecule has 94 valence electrons. The summed E-state index contributed by atoms with van der Waals surface area (Å²) in [5.74, 6) is 0.566. The number of hydrogen-bond acceptors (Lipinski definition) is 2. The van der Waals surface area contributed by atoms with Crippen molar-refractivity contribution in [2.24, 2.45) is 0 Å². The lowest BCUT2D eigenvalue weighted by Crippen LogP contribution is -2.39. The molecule has 1 aromatic rings. The Balaban J connectivity index is 2.38. The minimum Gasteiger partial charge on any atom is -0.496 e. The van der Waals surface area contributed by atoms with Crippen LogP contribution in [-0.4, -0.2) is 13.7 Å². The van der Waals surface area contributed by atoms with E-state index in [1.807, 2.05) is 0 Å². The van der Waals surface area contributed by atoms with Crippen LogP contribution in [0.15, 0.2) is 18.2 Å². The molecule has 0 saturated carbocycles. The lowest BCUT2D eigenvalue weighted by Gasteiger charge is -2.31. The van der Waals surface area contributed by atoms with Crippen LogP contribution in [0.2, 0.25) is 0 Å². The van der Waals surface area contributed by atoms with Gasteiger partial charge in [-0.05, 0) is 44.5 Å². The first-order valence-corrected chi connectivity index (χ1v) is 6.25. The Labute approximate surface area is 102 Å². The molecule has 0 aliphatic carbocycles. The summed E-state index contributed by atoms with van der Waals surface area (Å²) in [4.78, 5) is 0. The molecule has 1 fully saturated rings. The molecule has 1 aliphatic rings. The van der Waals surface area contributed by atoms with Gasteiger partial charge in [-0.3, -0.25) is 0 Å². The van der Waals surface area contributed by atoms with Crippen molar-refractivity contribution in [2.75, 3.05) is 13.7 Å². The predicted molar refractivity (Wildman–Crippen MR) is 66.8 cm³/mol. The third-order valence-electron chi connectivity index (χ3n) is 3.62. The van der Waals surface area contributed by atoms with Crippen LogP contribution in [0.4, 0.5) is 4.39 Å². The highest BCUT2D eigenvalue weighted by Gasteiger charge is 2.30. The Morgan fingerprint density at radius 1 is 1.29 bits per heavy atom. The molecule has 0 amide bonds. The molecule has 1 unspecified atom stereocenters. The average Bonchev–Trinajstić information content (AvgIpc) is 2.55. The molecule has 1 heterocycles. The van der Waals surface area contributed by atoms with Gasteiger partial charge in [-0.2, -0.15) is 0 Å². The van der Waals surface area contributed by atoms with Gasteiger partial charge in [0, 0.05) is 11.1 Å². The van der Waals surface area contributed by atoms with E-state index in [0.717, 1.165) is 24.3 Å². The lowest BCUT2D eigenvalue weighted by molar-refractivity contribution is 0.330. The van der Waals surface area contributed by atoms with Crippen LogP contribution in [0.25, 0.3) is 0 Å². The van der Waals surface area contributed by atoms with Crippen molar-refractivity contribution in [1.82, 2.24) is 5.32 Å². The second-order valence-corrected chi connectivity index (χ2v) is 4.91. The van der Waals surface area contributed by atoms with E-state index in [2.05, 4.69) is 12.2 Å². The van der Waals surface area contributed by atoms with Crippen LogP contribution < -0.4 is 10.1 Å². The van der Waals surface area contributed by atoms with Crippen molar-refractivity contribution in [1.29, 1.82) is 0 Å². The molecule has 0 bridgehead atoms. The topological polar surface area (TPSA) is 21.3 Å². The Bertz CT molecular complexity index is 384. The maximum Gasteiger partial charge on any atom is 0.124 e. The summed E-state index contributed by atoms with van der Waals surface area (Å²) >= 11 is 0. The summed E-state index contributed by atoms with van der Waals surface area (Å²) in [6, 6.07) is 4.75. The predicted octanol–water partition coefficient (Wildman–Crippen LogP) is 3.21. The third kappa shape index (κ3) is 2.60. The Morgan fingerprint density at radius 3 is 2.88 bits per heavy atom. The van der Waals surface area contributed by atoms with Crippen LogP contribution in [0, 0.1) is 5.82 Å². The molecule has 1 aliphatic heterocycles. The number of benzene rings is 1. The van der Waals surface area contributed by atoms with Gasteiger partial charge in [0.2, 0.25) is 0 Å². The van der Waals surface area contributed by atoms with Crippen LogP contribution in [0.1, 0.15) is 38.2 Å². The Hall–Kier alpha value is -1.09. The van der Waals surface area contributed by atoms with Gasteiger partial charge in [0.1, 0.15) is 11.6 Å². The minimum absolute atomic E-state index is 0.177. The second kappa shape index (κ2) is 5.05. The molecule has 0 spiro atoms. The van der Waals surface area contributed by atoms with E-state index in [-0.39, 0.29) is 11.4 Å². The van der Waals surface area contributed by atoms with Crippen molar-refractivity contribution in [3.8, 4) is 5.75 Å². The number of hydrogen-bond donors (Lipinski definition) is 1. The standard InChI is InChI=1S/C14H20FNO/c1-14(8-4-3-5-9-16-14)12-10-11(15)6-7-13(12)17-2/h6-7,10,16H,3-5,8-9H2,1-2H3. The SMILES string of the molecule is COc1ccc(F)cc1C1(C)CCCCCN1. The zero-order chi connectivity index (χ0) is 12.3. The second-order valence-electron chi connectivity index (χ2n) is 4.91. The van der Waals surface area contributed by atoms with Gasteiger partial charge in [0.05, 0.1) is 7.11 Å². The zero-order valence-corrected chi connectivity index (χ0v) is 10.6. The monoisotopic (exact) mass is 237 g/mol. The van der Waals surface area contributed by atoms with Gasteiger partial charge in [-0.1, -0.05) is 12.8 Å². The smallest absolute Gasteiger partial charge is 0.124 e. The minimum atomic E-state index is -0.201. The van der Waals surface area contributed by atoms with E-state index in [1.165, 1.54) is 25.3 Å². The fourth-order valence-corrected chi connectivity index (χ4v) is 2.57. The summed E-state index contributed by atoms with van der Waals surface area (Å²) in [7, 11) is 1.64. The summed E-state index contributed by atoms with van der Waals surface area (Å²) < 4.78 is 18.8. The van der Waals surface area contributed by atoms with E-state index >= 15 is 0 Å². The molecule has 2 rings (SSSR count). The molecular weight excluding hydrogens is 217 g/mol. The highest BCUT2D eigenvalue weighted by Crippen LogP contribution is 2.35. The summed E-state index contributed by atoms with van der Waals surface area (Å²) in [6.07, 6.45) is 4.61. The molecule has 2 nitrogen and oxygen atoms in total. The normalized spacial score (nSPS) is 25.4. The third-order valence-corrected chi connectivity index (χ3v) is 3.62. The lowest BCUT2D eigenvalue weighted by atomic mass is 9.87. The van der Waals surface area contributed by atoms with Crippen molar-refractivity contribution in [3.05, 3.63) is 29.6 Å². The fraction of sp³-hybridized carbons (Fsp3) is 0.571. The highest BCUT2D eigenvalue weighted by molar-refractivity contribution is 5.39.